The van der Waals surface area contributed by atoms with Crippen molar-refractivity contribution in [3.63, 3.8) is 0 Å². The second-order valence-corrected chi connectivity index (χ2v) is 4.20. The zero-order valence-electron chi connectivity index (χ0n) is 10.1. The van der Waals surface area contributed by atoms with Crippen LogP contribution in [0.5, 0.6) is 0 Å². The van der Waals surface area contributed by atoms with Crippen LogP contribution in [0.3, 0.4) is 0 Å². The van der Waals surface area contributed by atoms with Gasteiger partial charge in [0, 0.05) is 24.1 Å². The number of rotatable bonds is 7. The minimum Gasteiger partial charge on any atom is -0.463 e. The van der Waals surface area contributed by atoms with Gasteiger partial charge >= 0.3 is 5.97 Å². The van der Waals surface area contributed by atoms with E-state index in [0.29, 0.717) is 12.2 Å². The standard InChI is InChI=1S/C11H20N2O3/c1-5-16-10(15)8(2)7-13-11(3,4)6-9(12)14/h13H,2,5-7H2,1,3-4H3,(H2,12,14). The first-order valence-electron chi connectivity index (χ1n) is 5.16. The lowest BCUT2D eigenvalue weighted by Crippen LogP contribution is -2.44. The van der Waals surface area contributed by atoms with Crippen LogP contribution in [0.15, 0.2) is 12.2 Å². The van der Waals surface area contributed by atoms with Crippen molar-refractivity contribution >= 4 is 11.9 Å². The quantitative estimate of drug-likeness (QED) is 0.486. The molecule has 0 bridgehead atoms. The summed E-state index contributed by atoms with van der Waals surface area (Å²) in [6, 6.07) is 0. The second kappa shape index (κ2) is 6.27. The molecular formula is C11H20N2O3. The van der Waals surface area contributed by atoms with Crippen LogP contribution >= 0.6 is 0 Å². The molecule has 0 aliphatic carbocycles. The molecule has 5 heteroatoms. The van der Waals surface area contributed by atoms with E-state index < -0.39 is 11.5 Å². The highest BCUT2D eigenvalue weighted by molar-refractivity contribution is 5.88. The number of carbonyl (C=O) groups excluding carboxylic acids is 2. The topological polar surface area (TPSA) is 81.4 Å². The molecule has 0 aromatic heterocycles. The van der Waals surface area contributed by atoms with E-state index in [0.717, 1.165) is 0 Å². The van der Waals surface area contributed by atoms with Gasteiger partial charge in [-0.25, -0.2) is 4.79 Å². The van der Waals surface area contributed by atoms with Gasteiger partial charge in [-0.3, -0.25) is 4.79 Å². The Morgan fingerprint density at radius 2 is 2.00 bits per heavy atom. The SMILES string of the molecule is C=C(CNC(C)(C)CC(N)=O)C(=O)OCC. The largest absolute Gasteiger partial charge is 0.463 e. The number of esters is 1. The van der Waals surface area contributed by atoms with E-state index in [1.807, 2.05) is 13.8 Å². The van der Waals surface area contributed by atoms with E-state index >= 15 is 0 Å². The third-order valence-electron chi connectivity index (χ3n) is 1.96. The normalized spacial score (nSPS) is 10.9. The number of carbonyl (C=O) groups is 2. The molecule has 0 fully saturated rings. The highest BCUT2D eigenvalue weighted by Crippen LogP contribution is 2.08. The lowest BCUT2D eigenvalue weighted by molar-refractivity contribution is -0.138. The molecule has 16 heavy (non-hydrogen) atoms. The Hall–Kier alpha value is -1.36. The summed E-state index contributed by atoms with van der Waals surface area (Å²) in [5.41, 5.74) is 4.98. The number of hydrogen-bond donors (Lipinski definition) is 2. The van der Waals surface area contributed by atoms with Crippen molar-refractivity contribution in [2.24, 2.45) is 5.73 Å². The van der Waals surface area contributed by atoms with Gasteiger partial charge in [0.1, 0.15) is 0 Å². The number of amides is 1. The molecule has 0 atom stereocenters. The number of hydrogen-bond acceptors (Lipinski definition) is 4. The molecule has 5 nitrogen and oxygen atoms in total. The summed E-state index contributed by atoms with van der Waals surface area (Å²) < 4.78 is 4.78. The lowest BCUT2D eigenvalue weighted by Gasteiger charge is -2.25. The molecule has 0 aromatic carbocycles. The summed E-state index contributed by atoms with van der Waals surface area (Å²) in [6.45, 7) is 9.59. The molecule has 92 valence electrons. The third-order valence-corrected chi connectivity index (χ3v) is 1.96. The van der Waals surface area contributed by atoms with Crippen LogP contribution in [-0.4, -0.2) is 30.6 Å². The Balaban J connectivity index is 4.08. The van der Waals surface area contributed by atoms with Gasteiger partial charge < -0.3 is 15.8 Å². The highest BCUT2D eigenvalue weighted by Gasteiger charge is 2.21. The number of primary amides is 1. The first-order chi connectivity index (χ1) is 7.28. The first kappa shape index (κ1) is 14.6. The molecule has 0 aliphatic rings. The van der Waals surface area contributed by atoms with Crippen molar-refractivity contribution in [3.05, 3.63) is 12.2 Å². The molecule has 0 unspecified atom stereocenters. The molecule has 0 aromatic rings. The fourth-order valence-electron chi connectivity index (χ4n) is 1.15. The Morgan fingerprint density at radius 3 is 2.44 bits per heavy atom. The summed E-state index contributed by atoms with van der Waals surface area (Å²) in [5.74, 6) is -0.816. The van der Waals surface area contributed by atoms with Crippen molar-refractivity contribution in [3.8, 4) is 0 Å². The van der Waals surface area contributed by atoms with E-state index in [4.69, 9.17) is 10.5 Å². The monoisotopic (exact) mass is 228 g/mol. The van der Waals surface area contributed by atoms with Crippen LogP contribution in [-0.2, 0) is 14.3 Å². The molecule has 0 rings (SSSR count). The fourth-order valence-corrected chi connectivity index (χ4v) is 1.15. The Kier molecular flexibility index (Phi) is 5.74. The zero-order chi connectivity index (χ0) is 12.8. The van der Waals surface area contributed by atoms with Gasteiger partial charge in [0.25, 0.3) is 0 Å². The van der Waals surface area contributed by atoms with Crippen molar-refractivity contribution < 1.29 is 14.3 Å². The van der Waals surface area contributed by atoms with E-state index in [9.17, 15) is 9.59 Å². The number of nitrogens with one attached hydrogen (secondary N) is 1. The summed E-state index contributed by atoms with van der Waals surface area (Å²) in [7, 11) is 0. The van der Waals surface area contributed by atoms with E-state index in [1.54, 1.807) is 6.92 Å². The van der Waals surface area contributed by atoms with Crippen LogP contribution < -0.4 is 11.1 Å². The Morgan fingerprint density at radius 1 is 1.44 bits per heavy atom. The maximum absolute atomic E-state index is 11.2. The average Bonchev–Trinajstić information content (AvgIpc) is 2.12. The maximum Gasteiger partial charge on any atom is 0.334 e. The smallest absolute Gasteiger partial charge is 0.334 e. The Labute approximate surface area is 96.0 Å². The van der Waals surface area contributed by atoms with Gasteiger partial charge in [0.15, 0.2) is 0 Å². The van der Waals surface area contributed by atoms with Gasteiger partial charge in [-0.15, -0.1) is 0 Å². The molecule has 0 spiro atoms. The van der Waals surface area contributed by atoms with Crippen molar-refractivity contribution in [1.29, 1.82) is 0 Å². The minimum absolute atomic E-state index is 0.198. The molecule has 0 aliphatic heterocycles. The molecule has 1 amide bonds. The Bertz CT molecular complexity index is 285. The minimum atomic E-state index is -0.457. The average molecular weight is 228 g/mol. The van der Waals surface area contributed by atoms with Crippen molar-refractivity contribution in [2.75, 3.05) is 13.2 Å². The van der Waals surface area contributed by atoms with E-state index in [-0.39, 0.29) is 18.9 Å². The van der Waals surface area contributed by atoms with Gasteiger partial charge in [-0.05, 0) is 20.8 Å². The van der Waals surface area contributed by atoms with Crippen LogP contribution in [0.2, 0.25) is 0 Å². The number of nitrogens with two attached hydrogens (primary N) is 1. The number of ether oxygens (including phenoxy) is 1. The molecule has 3 N–H and O–H groups in total. The molecule has 0 saturated carbocycles. The summed E-state index contributed by atoms with van der Waals surface area (Å²) in [6.07, 6.45) is 0.198. The molecule has 0 radical (unpaired) electrons. The van der Waals surface area contributed by atoms with Gasteiger partial charge in [0.05, 0.1) is 6.61 Å². The summed E-state index contributed by atoms with van der Waals surface area (Å²) in [5, 5.41) is 3.03. The van der Waals surface area contributed by atoms with Gasteiger partial charge in [-0.1, -0.05) is 6.58 Å². The fraction of sp³-hybridized carbons (Fsp3) is 0.636. The van der Waals surface area contributed by atoms with Gasteiger partial charge in [0.2, 0.25) is 5.91 Å². The van der Waals surface area contributed by atoms with E-state index in [2.05, 4.69) is 11.9 Å². The zero-order valence-corrected chi connectivity index (χ0v) is 10.1. The van der Waals surface area contributed by atoms with Crippen LogP contribution in [0.1, 0.15) is 27.2 Å². The van der Waals surface area contributed by atoms with Gasteiger partial charge in [-0.2, -0.15) is 0 Å². The molecule has 0 saturated heterocycles. The summed E-state index contributed by atoms with van der Waals surface area (Å²) >= 11 is 0. The first-order valence-corrected chi connectivity index (χ1v) is 5.16. The predicted octanol–water partition coefficient (Wildman–Crippen LogP) is 0.349. The van der Waals surface area contributed by atoms with Crippen LogP contribution in [0, 0.1) is 0 Å². The molecular weight excluding hydrogens is 208 g/mol. The maximum atomic E-state index is 11.2. The van der Waals surface area contributed by atoms with Crippen LogP contribution in [0.4, 0.5) is 0 Å². The molecule has 0 heterocycles. The predicted molar refractivity (Wildman–Crippen MR) is 61.7 cm³/mol. The third kappa shape index (κ3) is 6.19. The second-order valence-electron chi connectivity index (χ2n) is 4.20. The summed E-state index contributed by atoms with van der Waals surface area (Å²) in [4.78, 5) is 22.0. The van der Waals surface area contributed by atoms with Crippen LogP contribution in [0.25, 0.3) is 0 Å². The highest BCUT2D eigenvalue weighted by atomic mass is 16.5. The lowest BCUT2D eigenvalue weighted by atomic mass is 10.00. The van der Waals surface area contributed by atoms with Crippen molar-refractivity contribution in [1.82, 2.24) is 5.32 Å². The van der Waals surface area contributed by atoms with E-state index in [1.165, 1.54) is 0 Å². The van der Waals surface area contributed by atoms with Crippen molar-refractivity contribution in [2.45, 2.75) is 32.7 Å².